The Morgan fingerprint density at radius 1 is 1.14 bits per heavy atom. The van der Waals surface area contributed by atoms with Gasteiger partial charge in [0, 0.05) is 18.1 Å². The van der Waals surface area contributed by atoms with E-state index in [4.69, 9.17) is 4.74 Å². The van der Waals surface area contributed by atoms with Gasteiger partial charge >= 0.3 is 0 Å². The van der Waals surface area contributed by atoms with Gasteiger partial charge in [0.1, 0.15) is 11.4 Å². The van der Waals surface area contributed by atoms with Gasteiger partial charge in [0.05, 0.1) is 18.8 Å². The van der Waals surface area contributed by atoms with Gasteiger partial charge in [-0.1, -0.05) is 13.0 Å². The number of aromatic nitrogens is 2. The number of pyridine rings is 1. The van der Waals surface area contributed by atoms with E-state index in [-0.39, 0.29) is 0 Å². The number of fused-ring (bicyclic) bond motifs is 1. The molecule has 0 spiro atoms. The van der Waals surface area contributed by atoms with Crippen LogP contribution in [0.3, 0.4) is 0 Å². The SMILES string of the molecule is CCCOc1ccc(NCc2cn3ccccc3n2)cc1. The predicted octanol–water partition coefficient (Wildman–Crippen LogP) is 3.74. The van der Waals surface area contributed by atoms with Gasteiger partial charge in [0.25, 0.3) is 0 Å². The lowest BCUT2D eigenvalue weighted by Gasteiger charge is -2.07. The average Bonchev–Trinajstić information content (AvgIpc) is 2.95. The lowest BCUT2D eigenvalue weighted by molar-refractivity contribution is 0.317. The van der Waals surface area contributed by atoms with Crippen LogP contribution in [0.4, 0.5) is 5.69 Å². The van der Waals surface area contributed by atoms with E-state index in [1.54, 1.807) is 0 Å². The fourth-order valence-electron chi connectivity index (χ4n) is 2.15. The van der Waals surface area contributed by atoms with Crippen LogP contribution in [0, 0.1) is 0 Å². The predicted molar refractivity (Wildman–Crippen MR) is 84.7 cm³/mol. The minimum absolute atomic E-state index is 0.705. The third-order valence-corrected chi connectivity index (χ3v) is 3.21. The van der Waals surface area contributed by atoms with E-state index in [2.05, 4.69) is 17.2 Å². The molecule has 0 radical (unpaired) electrons. The number of benzene rings is 1. The summed E-state index contributed by atoms with van der Waals surface area (Å²) in [7, 11) is 0. The highest BCUT2D eigenvalue weighted by atomic mass is 16.5. The number of ether oxygens (including phenoxy) is 1. The Balaban J connectivity index is 1.61. The van der Waals surface area contributed by atoms with Gasteiger partial charge in [0.15, 0.2) is 0 Å². The summed E-state index contributed by atoms with van der Waals surface area (Å²) in [5.41, 5.74) is 3.06. The van der Waals surface area contributed by atoms with E-state index in [0.29, 0.717) is 6.54 Å². The zero-order chi connectivity index (χ0) is 14.5. The molecule has 21 heavy (non-hydrogen) atoms. The number of anilines is 1. The maximum absolute atomic E-state index is 5.57. The molecule has 2 aromatic heterocycles. The van der Waals surface area contributed by atoms with Crippen molar-refractivity contribution in [3.8, 4) is 5.75 Å². The van der Waals surface area contributed by atoms with E-state index in [1.807, 2.05) is 59.3 Å². The zero-order valence-electron chi connectivity index (χ0n) is 12.1. The van der Waals surface area contributed by atoms with Crippen LogP contribution in [0.2, 0.25) is 0 Å². The van der Waals surface area contributed by atoms with Crippen molar-refractivity contribution >= 4 is 11.3 Å². The highest BCUT2D eigenvalue weighted by Crippen LogP contribution is 2.16. The van der Waals surface area contributed by atoms with E-state index in [0.717, 1.165) is 35.8 Å². The van der Waals surface area contributed by atoms with Crippen LogP contribution in [0.1, 0.15) is 19.0 Å². The van der Waals surface area contributed by atoms with Crippen molar-refractivity contribution < 1.29 is 4.74 Å². The Kier molecular flexibility index (Phi) is 4.05. The first-order valence-electron chi connectivity index (χ1n) is 7.24. The van der Waals surface area contributed by atoms with Crippen LogP contribution in [-0.2, 0) is 6.54 Å². The first-order chi connectivity index (χ1) is 10.3. The van der Waals surface area contributed by atoms with Crippen LogP contribution < -0.4 is 10.1 Å². The van der Waals surface area contributed by atoms with E-state index >= 15 is 0 Å². The van der Waals surface area contributed by atoms with Crippen molar-refractivity contribution in [1.29, 1.82) is 0 Å². The van der Waals surface area contributed by atoms with Gasteiger partial charge in [-0.05, 0) is 42.8 Å². The number of hydrogen-bond acceptors (Lipinski definition) is 3. The van der Waals surface area contributed by atoms with Gasteiger partial charge < -0.3 is 14.5 Å². The van der Waals surface area contributed by atoms with E-state index in [9.17, 15) is 0 Å². The molecule has 0 atom stereocenters. The quantitative estimate of drug-likeness (QED) is 0.748. The molecule has 0 fully saturated rings. The van der Waals surface area contributed by atoms with Crippen molar-refractivity contribution in [2.24, 2.45) is 0 Å². The summed E-state index contributed by atoms with van der Waals surface area (Å²) in [6, 6.07) is 14.0. The molecule has 4 nitrogen and oxygen atoms in total. The summed E-state index contributed by atoms with van der Waals surface area (Å²) in [5.74, 6) is 0.912. The maximum Gasteiger partial charge on any atom is 0.137 e. The molecular formula is C17H19N3O. The maximum atomic E-state index is 5.57. The second-order valence-electron chi connectivity index (χ2n) is 4.92. The van der Waals surface area contributed by atoms with Gasteiger partial charge in [-0.15, -0.1) is 0 Å². The largest absolute Gasteiger partial charge is 0.494 e. The second kappa shape index (κ2) is 6.31. The van der Waals surface area contributed by atoms with Crippen LogP contribution in [0.25, 0.3) is 5.65 Å². The molecule has 4 heteroatoms. The van der Waals surface area contributed by atoms with Crippen molar-refractivity contribution in [3.05, 3.63) is 60.6 Å². The number of rotatable bonds is 6. The number of nitrogens with one attached hydrogen (secondary N) is 1. The fraction of sp³-hybridized carbons (Fsp3) is 0.235. The first kappa shape index (κ1) is 13.5. The molecule has 0 aliphatic carbocycles. The molecule has 0 saturated carbocycles. The molecule has 3 rings (SSSR count). The average molecular weight is 281 g/mol. The number of imidazole rings is 1. The highest BCUT2D eigenvalue weighted by molar-refractivity contribution is 5.47. The standard InChI is InChI=1S/C17H19N3O/c1-2-11-21-16-8-6-14(7-9-16)18-12-15-13-20-10-4-3-5-17(20)19-15/h3-10,13,18H,2,11-12H2,1H3. The summed E-state index contributed by atoms with van der Waals surface area (Å²) in [6.07, 6.45) is 5.07. The molecule has 108 valence electrons. The summed E-state index contributed by atoms with van der Waals surface area (Å²) in [6.45, 7) is 3.57. The molecule has 0 unspecified atom stereocenters. The van der Waals surface area contributed by atoms with Crippen molar-refractivity contribution in [2.75, 3.05) is 11.9 Å². The first-order valence-corrected chi connectivity index (χ1v) is 7.24. The molecule has 2 heterocycles. The fourth-order valence-corrected chi connectivity index (χ4v) is 2.15. The third-order valence-electron chi connectivity index (χ3n) is 3.21. The van der Waals surface area contributed by atoms with Crippen LogP contribution in [0.15, 0.2) is 54.9 Å². The van der Waals surface area contributed by atoms with Gasteiger partial charge in [-0.2, -0.15) is 0 Å². The highest BCUT2D eigenvalue weighted by Gasteiger charge is 2.01. The Hall–Kier alpha value is -2.49. The lowest BCUT2D eigenvalue weighted by atomic mass is 10.3. The number of hydrogen-bond donors (Lipinski definition) is 1. The molecule has 0 saturated heterocycles. The van der Waals surface area contributed by atoms with Crippen LogP contribution >= 0.6 is 0 Å². The smallest absolute Gasteiger partial charge is 0.137 e. The molecule has 1 N–H and O–H groups in total. The topological polar surface area (TPSA) is 38.6 Å². The molecule has 0 amide bonds. The molecule has 3 aromatic rings. The van der Waals surface area contributed by atoms with E-state index in [1.165, 1.54) is 0 Å². The Bertz CT molecular complexity index is 670. The molecule has 1 aromatic carbocycles. The summed E-state index contributed by atoms with van der Waals surface area (Å²) in [5, 5.41) is 3.37. The minimum atomic E-state index is 0.705. The van der Waals surface area contributed by atoms with Crippen molar-refractivity contribution in [1.82, 2.24) is 9.38 Å². The summed E-state index contributed by atoms with van der Waals surface area (Å²) in [4.78, 5) is 4.56. The van der Waals surface area contributed by atoms with Gasteiger partial charge in [-0.3, -0.25) is 0 Å². The normalized spacial score (nSPS) is 10.7. The Labute approximate surface area is 124 Å². The zero-order valence-corrected chi connectivity index (χ0v) is 12.1. The monoisotopic (exact) mass is 281 g/mol. The Morgan fingerprint density at radius 3 is 2.76 bits per heavy atom. The van der Waals surface area contributed by atoms with Crippen LogP contribution in [0.5, 0.6) is 5.75 Å². The molecule has 0 aliphatic rings. The Morgan fingerprint density at radius 2 is 2.00 bits per heavy atom. The van der Waals surface area contributed by atoms with Crippen molar-refractivity contribution in [3.63, 3.8) is 0 Å². The number of nitrogens with zero attached hydrogens (tertiary/aromatic N) is 2. The molecular weight excluding hydrogens is 262 g/mol. The van der Waals surface area contributed by atoms with Gasteiger partial charge in [-0.25, -0.2) is 4.98 Å². The third kappa shape index (κ3) is 3.34. The van der Waals surface area contributed by atoms with Crippen LogP contribution in [-0.4, -0.2) is 16.0 Å². The van der Waals surface area contributed by atoms with Crippen molar-refractivity contribution in [2.45, 2.75) is 19.9 Å². The second-order valence-corrected chi connectivity index (χ2v) is 4.92. The van der Waals surface area contributed by atoms with Gasteiger partial charge in [0.2, 0.25) is 0 Å². The summed E-state index contributed by atoms with van der Waals surface area (Å²) >= 11 is 0. The lowest BCUT2D eigenvalue weighted by Crippen LogP contribution is -2.00. The van der Waals surface area contributed by atoms with E-state index < -0.39 is 0 Å². The summed E-state index contributed by atoms with van der Waals surface area (Å²) < 4.78 is 7.60. The molecule has 0 aliphatic heterocycles. The minimum Gasteiger partial charge on any atom is -0.494 e. The molecule has 0 bridgehead atoms.